The van der Waals surface area contributed by atoms with Gasteiger partial charge in [0.05, 0.1) is 5.69 Å². The molecule has 2 fully saturated rings. The van der Waals surface area contributed by atoms with E-state index >= 15 is 0 Å². The van der Waals surface area contributed by atoms with E-state index in [0.717, 1.165) is 57.2 Å². The van der Waals surface area contributed by atoms with Crippen molar-refractivity contribution in [2.24, 2.45) is 4.99 Å². The topological polar surface area (TPSA) is 55.8 Å². The summed E-state index contributed by atoms with van der Waals surface area (Å²) < 4.78 is 0. The van der Waals surface area contributed by atoms with Crippen molar-refractivity contribution in [1.82, 2.24) is 25.4 Å². The van der Waals surface area contributed by atoms with Crippen molar-refractivity contribution < 1.29 is 0 Å². The van der Waals surface area contributed by atoms with Crippen molar-refractivity contribution >= 4 is 5.96 Å². The van der Waals surface area contributed by atoms with Crippen molar-refractivity contribution in [3.8, 4) is 0 Å². The number of piperidine rings is 1. The molecule has 1 atom stereocenters. The Morgan fingerprint density at radius 1 is 1.00 bits per heavy atom. The summed E-state index contributed by atoms with van der Waals surface area (Å²) in [4.78, 5) is 14.0. The molecule has 2 saturated heterocycles. The van der Waals surface area contributed by atoms with Crippen LogP contribution in [0.5, 0.6) is 0 Å². The molecule has 6 heteroatoms. The minimum absolute atomic E-state index is 0.482. The zero-order valence-corrected chi connectivity index (χ0v) is 18.7. The van der Waals surface area contributed by atoms with Gasteiger partial charge in [0.2, 0.25) is 0 Å². The van der Waals surface area contributed by atoms with Crippen LogP contribution in [0.2, 0.25) is 0 Å². The normalized spacial score (nSPS) is 21.3. The molecule has 1 unspecified atom stereocenters. The molecule has 4 rings (SSSR count). The fourth-order valence-electron chi connectivity index (χ4n) is 4.71. The molecule has 2 aromatic rings. The molecule has 2 N–H and O–H groups in total. The fourth-order valence-corrected chi connectivity index (χ4v) is 4.71. The summed E-state index contributed by atoms with van der Waals surface area (Å²) in [5.74, 6) is 0.940. The van der Waals surface area contributed by atoms with E-state index in [1.165, 1.54) is 24.9 Å². The first-order valence-electron chi connectivity index (χ1n) is 11.7. The number of guanidine groups is 1. The Bertz CT molecular complexity index is 801. The quantitative estimate of drug-likeness (QED) is 0.533. The smallest absolute Gasteiger partial charge is 0.191 e. The lowest BCUT2D eigenvalue weighted by atomic mass is 10.0. The number of nitrogens with zero attached hydrogens (tertiary/aromatic N) is 4. The van der Waals surface area contributed by atoms with E-state index in [2.05, 4.69) is 72.9 Å². The van der Waals surface area contributed by atoms with Gasteiger partial charge in [0.15, 0.2) is 5.96 Å². The van der Waals surface area contributed by atoms with E-state index in [1.807, 2.05) is 19.3 Å². The van der Waals surface area contributed by atoms with Gasteiger partial charge in [0.25, 0.3) is 0 Å². The lowest BCUT2D eigenvalue weighted by Crippen LogP contribution is -2.50. The SMILES string of the molecule is CN=C(NCC1CCCN1Cc1ccccc1)NC1CCN(Cc2ccccn2)CC1. The van der Waals surface area contributed by atoms with Crippen molar-refractivity contribution in [3.05, 3.63) is 66.0 Å². The zero-order chi connectivity index (χ0) is 21.3. The third-order valence-electron chi connectivity index (χ3n) is 6.50. The van der Waals surface area contributed by atoms with Gasteiger partial charge in [-0.1, -0.05) is 36.4 Å². The molecule has 2 aliphatic rings. The van der Waals surface area contributed by atoms with Crippen LogP contribution in [0.15, 0.2) is 59.7 Å². The first-order chi connectivity index (χ1) is 15.3. The van der Waals surface area contributed by atoms with Gasteiger partial charge in [-0.05, 0) is 49.9 Å². The molecule has 0 bridgehead atoms. The predicted octanol–water partition coefficient (Wildman–Crippen LogP) is 2.88. The second-order valence-corrected chi connectivity index (χ2v) is 8.72. The number of benzene rings is 1. The summed E-state index contributed by atoms with van der Waals surface area (Å²) in [6, 6.07) is 18.0. The molecular formula is C25H36N6. The highest BCUT2D eigenvalue weighted by Gasteiger charge is 2.25. The van der Waals surface area contributed by atoms with Gasteiger partial charge < -0.3 is 10.6 Å². The average Bonchev–Trinajstić information content (AvgIpc) is 3.26. The van der Waals surface area contributed by atoms with Gasteiger partial charge >= 0.3 is 0 Å². The Morgan fingerprint density at radius 2 is 1.81 bits per heavy atom. The van der Waals surface area contributed by atoms with Crippen LogP contribution in [0.1, 0.15) is 36.9 Å². The van der Waals surface area contributed by atoms with Gasteiger partial charge in [-0.3, -0.25) is 19.8 Å². The first-order valence-corrected chi connectivity index (χ1v) is 11.7. The van der Waals surface area contributed by atoms with Gasteiger partial charge in [0, 0.05) is 58.1 Å². The molecule has 1 aromatic carbocycles. The summed E-state index contributed by atoms with van der Waals surface area (Å²) >= 11 is 0. The molecule has 0 radical (unpaired) electrons. The molecule has 166 valence electrons. The number of hydrogen-bond donors (Lipinski definition) is 2. The van der Waals surface area contributed by atoms with Crippen LogP contribution in [-0.2, 0) is 13.1 Å². The summed E-state index contributed by atoms with van der Waals surface area (Å²) in [5.41, 5.74) is 2.55. The molecule has 0 saturated carbocycles. The maximum Gasteiger partial charge on any atom is 0.191 e. The van der Waals surface area contributed by atoms with Crippen LogP contribution < -0.4 is 10.6 Å². The largest absolute Gasteiger partial charge is 0.355 e. The van der Waals surface area contributed by atoms with E-state index in [9.17, 15) is 0 Å². The molecule has 2 aliphatic heterocycles. The van der Waals surface area contributed by atoms with Crippen LogP contribution in [0.3, 0.4) is 0 Å². The van der Waals surface area contributed by atoms with Crippen LogP contribution in [0.4, 0.5) is 0 Å². The number of pyridine rings is 1. The molecule has 3 heterocycles. The van der Waals surface area contributed by atoms with Gasteiger partial charge in [-0.15, -0.1) is 0 Å². The minimum Gasteiger partial charge on any atom is -0.355 e. The van der Waals surface area contributed by atoms with Crippen molar-refractivity contribution in [1.29, 1.82) is 0 Å². The molecule has 0 amide bonds. The minimum atomic E-state index is 0.482. The van der Waals surface area contributed by atoms with Crippen LogP contribution in [-0.4, -0.2) is 66.1 Å². The van der Waals surface area contributed by atoms with Crippen molar-refractivity contribution in [2.75, 3.05) is 33.2 Å². The standard InChI is InChI=1S/C25H36N6/c1-26-25(28-18-24-11-7-15-31(24)19-21-8-3-2-4-9-21)29-22-12-16-30(17-13-22)20-23-10-5-6-14-27-23/h2-6,8-10,14,22,24H,7,11-13,15-20H2,1H3,(H2,26,28,29). The van der Waals surface area contributed by atoms with Crippen molar-refractivity contribution in [2.45, 2.75) is 50.9 Å². The number of rotatable bonds is 7. The average molecular weight is 421 g/mol. The molecule has 6 nitrogen and oxygen atoms in total. The van der Waals surface area contributed by atoms with E-state index < -0.39 is 0 Å². The van der Waals surface area contributed by atoms with E-state index in [0.29, 0.717) is 12.1 Å². The second kappa shape index (κ2) is 11.3. The lowest BCUT2D eigenvalue weighted by molar-refractivity contribution is 0.196. The van der Waals surface area contributed by atoms with Gasteiger partial charge in [0.1, 0.15) is 0 Å². The third kappa shape index (κ3) is 6.52. The highest BCUT2D eigenvalue weighted by atomic mass is 15.2. The maximum absolute atomic E-state index is 4.49. The molecule has 0 aliphatic carbocycles. The first kappa shape index (κ1) is 21.8. The third-order valence-corrected chi connectivity index (χ3v) is 6.50. The molecular weight excluding hydrogens is 384 g/mol. The molecule has 31 heavy (non-hydrogen) atoms. The fraction of sp³-hybridized carbons (Fsp3) is 0.520. The maximum atomic E-state index is 4.49. The Morgan fingerprint density at radius 3 is 2.55 bits per heavy atom. The number of likely N-dealkylation sites (tertiary alicyclic amines) is 2. The highest BCUT2D eigenvalue weighted by Crippen LogP contribution is 2.19. The van der Waals surface area contributed by atoms with Gasteiger partial charge in [-0.25, -0.2) is 0 Å². The van der Waals surface area contributed by atoms with Crippen molar-refractivity contribution in [3.63, 3.8) is 0 Å². The Balaban J connectivity index is 1.19. The summed E-state index contributed by atoms with van der Waals surface area (Å²) in [6.07, 6.45) is 6.68. The van der Waals surface area contributed by atoms with E-state index in [-0.39, 0.29) is 0 Å². The number of aliphatic imine (C=N–C) groups is 1. The van der Waals surface area contributed by atoms with E-state index in [1.54, 1.807) is 0 Å². The summed E-state index contributed by atoms with van der Waals surface area (Å²) in [7, 11) is 1.88. The molecule has 1 aromatic heterocycles. The monoisotopic (exact) mass is 420 g/mol. The van der Waals surface area contributed by atoms with Gasteiger partial charge in [-0.2, -0.15) is 0 Å². The molecule has 0 spiro atoms. The Labute approximate surface area is 186 Å². The summed E-state index contributed by atoms with van der Waals surface area (Å²) in [5, 5.41) is 7.26. The highest BCUT2D eigenvalue weighted by molar-refractivity contribution is 5.80. The number of nitrogens with one attached hydrogen (secondary N) is 2. The zero-order valence-electron chi connectivity index (χ0n) is 18.7. The van der Waals surface area contributed by atoms with Crippen LogP contribution in [0.25, 0.3) is 0 Å². The Kier molecular flexibility index (Phi) is 7.91. The number of aromatic nitrogens is 1. The predicted molar refractivity (Wildman–Crippen MR) is 127 cm³/mol. The lowest BCUT2D eigenvalue weighted by Gasteiger charge is -2.33. The van der Waals surface area contributed by atoms with E-state index in [4.69, 9.17) is 0 Å². The Hall–Kier alpha value is -2.44. The number of hydrogen-bond acceptors (Lipinski definition) is 4. The summed E-state index contributed by atoms with van der Waals surface area (Å²) in [6.45, 7) is 6.30. The second-order valence-electron chi connectivity index (χ2n) is 8.72. The van der Waals surface area contributed by atoms with Crippen LogP contribution >= 0.6 is 0 Å². The van der Waals surface area contributed by atoms with Crippen LogP contribution in [0, 0.1) is 0 Å².